The molecule has 1 aromatic rings. The molecular formula is C24H36N2O4. The number of hydrogen-bond donors (Lipinski definition) is 1. The SMILES string of the molecule is CC[C@H](C)[C@H](NC(=O)OC(C)(C)C)C(=O)N1CCC=C[C@@H]1COCc1ccccc1. The average Bonchev–Trinajstić information content (AvgIpc) is 2.71. The lowest BCUT2D eigenvalue weighted by molar-refractivity contribution is -0.137. The molecule has 0 unspecified atom stereocenters. The highest BCUT2D eigenvalue weighted by Crippen LogP contribution is 2.18. The first-order valence-corrected chi connectivity index (χ1v) is 10.8. The Morgan fingerprint density at radius 3 is 2.57 bits per heavy atom. The highest BCUT2D eigenvalue weighted by Gasteiger charge is 2.34. The molecule has 1 heterocycles. The van der Waals surface area contributed by atoms with Gasteiger partial charge in [0.05, 0.1) is 19.3 Å². The van der Waals surface area contributed by atoms with Crippen LogP contribution in [0.25, 0.3) is 0 Å². The Labute approximate surface area is 180 Å². The van der Waals surface area contributed by atoms with Crippen molar-refractivity contribution >= 4 is 12.0 Å². The van der Waals surface area contributed by atoms with E-state index >= 15 is 0 Å². The molecule has 30 heavy (non-hydrogen) atoms. The summed E-state index contributed by atoms with van der Waals surface area (Å²) in [5, 5.41) is 2.81. The third kappa shape index (κ3) is 7.48. The summed E-state index contributed by atoms with van der Waals surface area (Å²) in [7, 11) is 0. The maximum Gasteiger partial charge on any atom is 0.408 e. The molecule has 0 saturated carbocycles. The molecule has 0 saturated heterocycles. The number of alkyl carbamates (subject to hydrolysis) is 1. The molecule has 0 fully saturated rings. The van der Waals surface area contributed by atoms with E-state index in [4.69, 9.17) is 9.47 Å². The van der Waals surface area contributed by atoms with Crippen LogP contribution < -0.4 is 5.32 Å². The highest BCUT2D eigenvalue weighted by atomic mass is 16.6. The van der Waals surface area contributed by atoms with Crippen molar-refractivity contribution in [2.24, 2.45) is 5.92 Å². The monoisotopic (exact) mass is 416 g/mol. The van der Waals surface area contributed by atoms with Crippen LogP contribution in [-0.2, 0) is 20.9 Å². The van der Waals surface area contributed by atoms with Gasteiger partial charge in [-0.25, -0.2) is 4.79 Å². The zero-order valence-electron chi connectivity index (χ0n) is 18.9. The van der Waals surface area contributed by atoms with Gasteiger partial charge in [-0.1, -0.05) is 62.8 Å². The van der Waals surface area contributed by atoms with E-state index < -0.39 is 17.7 Å². The molecule has 0 bridgehead atoms. The van der Waals surface area contributed by atoms with Crippen molar-refractivity contribution in [2.75, 3.05) is 13.2 Å². The van der Waals surface area contributed by atoms with E-state index in [1.165, 1.54) is 0 Å². The fraction of sp³-hybridized carbons (Fsp3) is 0.583. The molecule has 0 aromatic heterocycles. The number of hydrogen-bond acceptors (Lipinski definition) is 4. The zero-order valence-corrected chi connectivity index (χ0v) is 18.9. The van der Waals surface area contributed by atoms with Crippen molar-refractivity contribution in [3.05, 3.63) is 48.0 Å². The number of benzene rings is 1. The van der Waals surface area contributed by atoms with Crippen LogP contribution in [-0.4, -0.2) is 47.7 Å². The molecule has 166 valence electrons. The smallest absolute Gasteiger partial charge is 0.408 e. The molecule has 0 aliphatic carbocycles. The second kappa shape index (κ2) is 11.2. The Morgan fingerprint density at radius 2 is 1.93 bits per heavy atom. The number of carbonyl (C=O) groups excluding carboxylic acids is 2. The van der Waals surface area contributed by atoms with Gasteiger partial charge in [-0.05, 0) is 38.7 Å². The molecule has 6 heteroatoms. The molecule has 0 radical (unpaired) electrons. The predicted octanol–water partition coefficient (Wildman–Crippen LogP) is 4.30. The second-order valence-electron chi connectivity index (χ2n) is 8.83. The zero-order chi connectivity index (χ0) is 22.1. The number of nitrogens with zero attached hydrogens (tertiary/aromatic N) is 1. The van der Waals surface area contributed by atoms with Crippen LogP contribution in [0.4, 0.5) is 4.79 Å². The third-order valence-electron chi connectivity index (χ3n) is 5.13. The summed E-state index contributed by atoms with van der Waals surface area (Å²) in [6.45, 7) is 10.9. The summed E-state index contributed by atoms with van der Waals surface area (Å²) in [5.41, 5.74) is 0.480. The Balaban J connectivity index is 2.04. The van der Waals surface area contributed by atoms with Crippen molar-refractivity contribution in [3.8, 4) is 0 Å². The van der Waals surface area contributed by atoms with E-state index in [9.17, 15) is 9.59 Å². The van der Waals surface area contributed by atoms with Crippen LogP contribution in [0.2, 0.25) is 0 Å². The lowest BCUT2D eigenvalue weighted by atomic mass is 9.96. The molecule has 1 aliphatic rings. The summed E-state index contributed by atoms with van der Waals surface area (Å²) in [6, 6.07) is 9.19. The Morgan fingerprint density at radius 1 is 1.23 bits per heavy atom. The number of nitrogens with one attached hydrogen (secondary N) is 1. The summed E-state index contributed by atoms with van der Waals surface area (Å²) >= 11 is 0. The van der Waals surface area contributed by atoms with E-state index in [0.717, 1.165) is 18.4 Å². The standard InChI is InChI=1S/C24H36N2O4/c1-6-18(2)21(25-23(28)30-24(3,4)5)22(27)26-15-11-10-14-20(26)17-29-16-19-12-8-7-9-13-19/h7-10,12-14,18,20-21H,6,11,15-17H2,1-5H3,(H,25,28)/t18-,20+,21-/m0/s1. The molecule has 1 N–H and O–H groups in total. The fourth-order valence-electron chi connectivity index (χ4n) is 3.32. The molecular weight excluding hydrogens is 380 g/mol. The van der Waals surface area contributed by atoms with Gasteiger partial charge in [-0.2, -0.15) is 0 Å². The number of amides is 2. The number of carbonyl (C=O) groups is 2. The van der Waals surface area contributed by atoms with Crippen molar-refractivity contribution in [1.82, 2.24) is 10.2 Å². The summed E-state index contributed by atoms with van der Waals surface area (Å²) in [6.07, 6.45) is 5.10. The summed E-state index contributed by atoms with van der Waals surface area (Å²) < 4.78 is 11.3. The molecule has 6 nitrogen and oxygen atoms in total. The molecule has 2 rings (SSSR count). The van der Waals surface area contributed by atoms with Gasteiger partial charge in [0.2, 0.25) is 5.91 Å². The van der Waals surface area contributed by atoms with Gasteiger partial charge in [-0.15, -0.1) is 0 Å². The van der Waals surface area contributed by atoms with Gasteiger partial charge in [0.1, 0.15) is 11.6 Å². The third-order valence-corrected chi connectivity index (χ3v) is 5.13. The van der Waals surface area contributed by atoms with Gasteiger partial charge in [0.25, 0.3) is 0 Å². The largest absolute Gasteiger partial charge is 0.444 e. The maximum atomic E-state index is 13.4. The lowest BCUT2D eigenvalue weighted by Crippen LogP contribution is -2.56. The number of rotatable bonds is 8. The van der Waals surface area contributed by atoms with Crippen LogP contribution in [0.3, 0.4) is 0 Å². The van der Waals surface area contributed by atoms with Gasteiger partial charge < -0.3 is 19.7 Å². The first-order chi connectivity index (χ1) is 14.2. The fourth-order valence-corrected chi connectivity index (χ4v) is 3.32. The Hall–Kier alpha value is -2.34. The van der Waals surface area contributed by atoms with Crippen LogP contribution in [0, 0.1) is 5.92 Å². The molecule has 2 amide bonds. The summed E-state index contributed by atoms with van der Waals surface area (Å²) in [5.74, 6) is -0.102. The second-order valence-corrected chi connectivity index (χ2v) is 8.83. The average molecular weight is 417 g/mol. The molecule has 0 spiro atoms. The van der Waals surface area contributed by atoms with Crippen LogP contribution >= 0.6 is 0 Å². The Bertz CT molecular complexity index is 712. The van der Waals surface area contributed by atoms with Crippen LogP contribution in [0.1, 0.15) is 53.0 Å². The lowest BCUT2D eigenvalue weighted by Gasteiger charge is -2.36. The van der Waals surface area contributed by atoms with E-state index in [2.05, 4.69) is 11.4 Å². The minimum atomic E-state index is -0.632. The van der Waals surface area contributed by atoms with Crippen molar-refractivity contribution in [1.29, 1.82) is 0 Å². The number of ether oxygens (including phenoxy) is 2. The van der Waals surface area contributed by atoms with Gasteiger partial charge in [0.15, 0.2) is 0 Å². The maximum absolute atomic E-state index is 13.4. The minimum Gasteiger partial charge on any atom is -0.444 e. The van der Waals surface area contributed by atoms with Crippen molar-refractivity contribution in [2.45, 2.75) is 71.8 Å². The minimum absolute atomic E-state index is 0.0122. The van der Waals surface area contributed by atoms with Crippen LogP contribution in [0.5, 0.6) is 0 Å². The Kier molecular flexibility index (Phi) is 8.90. The van der Waals surface area contributed by atoms with Crippen LogP contribution in [0.15, 0.2) is 42.5 Å². The van der Waals surface area contributed by atoms with E-state index in [-0.39, 0.29) is 17.9 Å². The highest BCUT2D eigenvalue weighted by molar-refractivity contribution is 5.86. The normalized spacial score (nSPS) is 18.6. The van der Waals surface area contributed by atoms with Gasteiger partial charge >= 0.3 is 6.09 Å². The first kappa shape index (κ1) is 23.9. The topological polar surface area (TPSA) is 67.9 Å². The van der Waals surface area contributed by atoms with Gasteiger partial charge in [0, 0.05) is 6.54 Å². The van der Waals surface area contributed by atoms with Crippen molar-refractivity contribution < 1.29 is 19.1 Å². The summed E-state index contributed by atoms with van der Waals surface area (Å²) in [4.78, 5) is 27.6. The van der Waals surface area contributed by atoms with E-state index in [0.29, 0.717) is 19.8 Å². The van der Waals surface area contributed by atoms with E-state index in [1.807, 2.05) is 75.9 Å². The van der Waals surface area contributed by atoms with Crippen molar-refractivity contribution in [3.63, 3.8) is 0 Å². The quantitative estimate of drug-likeness (QED) is 0.642. The molecule has 3 atom stereocenters. The van der Waals surface area contributed by atoms with E-state index in [1.54, 1.807) is 0 Å². The first-order valence-electron chi connectivity index (χ1n) is 10.8. The predicted molar refractivity (Wildman–Crippen MR) is 118 cm³/mol. The molecule has 1 aromatic carbocycles. The molecule has 1 aliphatic heterocycles. The van der Waals surface area contributed by atoms with Gasteiger partial charge in [-0.3, -0.25) is 4.79 Å².